The molecule has 3 nitrogen and oxygen atoms in total. The van der Waals surface area contributed by atoms with Crippen molar-refractivity contribution in [3.63, 3.8) is 0 Å². The van der Waals surface area contributed by atoms with Gasteiger partial charge in [0, 0.05) is 11.1 Å². The molecule has 3 aromatic rings. The average molecular weight is 292 g/mol. The summed E-state index contributed by atoms with van der Waals surface area (Å²) in [6.07, 6.45) is 0. The minimum absolute atomic E-state index is 0.485. The van der Waals surface area contributed by atoms with E-state index < -0.39 is 6.67 Å². The van der Waals surface area contributed by atoms with Crippen LogP contribution in [0.15, 0.2) is 52.9 Å². The molecular formula is C18H13FN2O. The molecule has 0 unspecified atom stereocenters. The van der Waals surface area contributed by atoms with E-state index in [1.54, 1.807) is 36.4 Å². The zero-order valence-corrected chi connectivity index (χ0v) is 12.0. The molecule has 0 aliphatic carbocycles. The molecule has 4 heteroatoms. The molecule has 0 saturated heterocycles. The Balaban J connectivity index is 1.97. The Kier molecular flexibility index (Phi) is 3.71. The van der Waals surface area contributed by atoms with Crippen molar-refractivity contribution in [2.75, 3.05) is 0 Å². The lowest BCUT2D eigenvalue weighted by Gasteiger charge is -1.97. The van der Waals surface area contributed by atoms with E-state index in [1.165, 1.54) is 0 Å². The Bertz CT molecular complexity index is 827. The molecule has 0 atom stereocenters. The van der Waals surface area contributed by atoms with Gasteiger partial charge < -0.3 is 4.42 Å². The summed E-state index contributed by atoms with van der Waals surface area (Å²) in [7, 11) is 0. The van der Waals surface area contributed by atoms with Crippen LogP contribution in [-0.2, 0) is 6.67 Å². The van der Waals surface area contributed by atoms with Crippen LogP contribution < -0.4 is 0 Å². The van der Waals surface area contributed by atoms with Crippen molar-refractivity contribution < 1.29 is 8.81 Å². The minimum Gasteiger partial charge on any atom is -0.441 e. The summed E-state index contributed by atoms with van der Waals surface area (Å²) in [5, 5.41) is 8.84. The standard InChI is InChI=1S/C18H13FN2O/c1-12-17(15-6-4-14(11-20)5-7-15)21-18(22-12)16-8-2-13(10-19)3-9-16/h2-9H,10H2,1H3. The predicted octanol–water partition coefficient (Wildman–Crippen LogP) is 4.66. The summed E-state index contributed by atoms with van der Waals surface area (Å²) >= 11 is 0. The summed E-state index contributed by atoms with van der Waals surface area (Å²) in [4.78, 5) is 4.52. The van der Waals surface area contributed by atoms with Crippen molar-refractivity contribution in [1.82, 2.24) is 4.98 Å². The van der Waals surface area contributed by atoms with Crippen LogP contribution in [-0.4, -0.2) is 4.98 Å². The molecule has 0 aliphatic rings. The van der Waals surface area contributed by atoms with Crippen LogP contribution in [0, 0.1) is 18.3 Å². The molecule has 1 aromatic heterocycles. The van der Waals surface area contributed by atoms with Crippen molar-refractivity contribution in [3.05, 3.63) is 65.4 Å². The second-order valence-corrected chi connectivity index (χ2v) is 4.94. The van der Waals surface area contributed by atoms with Gasteiger partial charge in [-0.3, -0.25) is 0 Å². The van der Waals surface area contributed by atoms with Crippen LogP contribution in [0.5, 0.6) is 0 Å². The highest BCUT2D eigenvalue weighted by atomic mass is 19.1. The molecule has 2 aromatic carbocycles. The molecule has 0 aliphatic heterocycles. The number of halogens is 1. The number of hydrogen-bond donors (Lipinski definition) is 0. The molecule has 3 rings (SSSR count). The Morgan fingerprint density at radius 3 is 2.27 bits per heavy atom. The third-order valence-electron chi connectivity index (χ3n) is 3.44. The maximum Gasteiger partial charge on any atom is 0.226 e. The van der Waals surface area contributed by atoms with Crippen molar-refractivity contribution >= 4 is 0 Å². The van der Waals surface area contributed by atoms with Crippen molar-refractivity contribution in [1.29, 1.82) is 5.26 Å². The van der Waals surface area contributed by atoms with E-state index in [0.717, 1.165) is 16.8 Å². The topological polar surface area (TPSA) is 49.8 Å². The Hall–Kier alpha value is -2.93. The van der Waals surface area contributed by atoms with Gasteiger partial charge in [-0.15, -0.1) is 0 Å². The zero-order chi connectivity index (χ0) is 15.5. The first kappa shape index (κ1) is 14.0. The van der Waals surface area contributed by atoms with E-state index in [2.05, 4.69) is 11.1 Å². The first-order valence-electron chi connectivity index (χ1n) is 6.84. The van der Waals surface area contributed by atoms with E-state index in [4.69, 9.17) is 9.68 Å². The first-order chi connectivity index (χ1) is 10.7. The molecule has 22 heavy (non-hydrogen) atoms. The van der Waals surface area contributed by atoms with E-state index >= 15 is 0 Å². The Morgan fingerprint density at radius 2 is 1.68 bits per heavy atom. The molecule has 0 fully saturated rings. The van der Waals surface area contributed by atoms with Crippen molar-refractivity contribution in [2.24, 2.45) is 0 Å². The quantitative estimate of drug-likeness (QED) is 0.705. The number of benzene rings is 2. The van der Waals surface area contributed by atoms with Crippen molar-refractivity contribution in [2.45, 2.75) is 13.6 Å². The number of oxazole rings is 1. The van der Waals surface area contributed by atoms with Crippen LogP contribution in [0.2, 0.25) is 0 Å². The Morgan fingerprint density at radius 1 is 1.05 bits per heavy atom. The van der Waals surface area contributed by atoms with E-state index in [-0.39, 0.29) is 0 Å². The Labute approximate surface area is 127 Å². The third kappa shape index (κ3) is 2.61. The lowest BCUT2D eigenvalue weighted by atomic mass is 10.1. The summed E-state index contributed by atoms with van der Waals surface area (Å²) in [6.45, 7) is 1.36. The fraction of sp³-hybridized carbons (Fsp3) is 0.111. The second kappa shape index (κ2) is 5.82. The van der Waals surface area contributed by atoms with Gasteiger partial charge >= 0.3 is 0 Å². The minimum atomic E-state index is -0.485. The summed E-state index contributed by atoms with van der Waals surface area (Å²) in [5.41, 5.74) is 3.67. The summed E-state index contributed by atoms with van der Waals surface area (Å²) in [6, 6.07) is 16.3. The maximum absolute atomic E-state index is 12.5. The monoisotopic (exact) mass is 292 g/mol. The van der Waals surface area contributed by atoms with Gasteiger partial charge in [-0.05, 0) is 36.8 Å². The lowest BCUT2D eigenvalue weighted by Crippen LogP contribution is -1.83. The van der Waals surface area contributed by atoms with Crippen LogP contribution in [0.25, 0.3) is 22.7 Å². The largest absolute Gasteiger partial charge is 0.441 e. The number of hydrogen-bond acceptors (Lipinski definition) is 3. The van der Waals surface area contributed by atoms with Crippen LogP contribution in [0.1, 0.15) is 16.9 Å². The van der Waals surface area contributed by atoms with E-state index in [0.29, 0.717) is 22.8 Å². The molecule has 108 valence electrons. The number of rotatable bonds is 3. The highest BCUT2D eigenvalue weighted by Gasteiger charge is 2.13. The van der Waals surface area contributed by atoms with Gasteiger partial charge in [-0.2, -0.15) is 5.26 Å². The van der Waals surface area contributed by atoms with Crippen LogP contribution in [0.3, 0.4) is 0 Å². The molecule has 0 amide bonds. The number of alkyl halides is 1. The number of nitriles is 1. The molecule has 0 spiro atoms. The fourth-order valence-corrected chi connectivity index (χ4v) is 2.23. The smallest absolute Gasteiger partial charge is 0.226 e. The van der Waals surface area contributed by atoms with Gasteiger partial charge in [-0.1, -0.05) is 24.3 Å². The maximum atomic E-state index is 12.5. The highest BCUT2D eigenvalue weighted by molar-refractivity contribution is 5.66. The third-order valence-corrected chi connectivity index (χ3v) is 3.44. The number of nitrogens with zero attached hydrogens (tertiary/aromatic N) is 2. The van der Waals surface area contributed by atoms with Gasteiger partial charge in [0.05, 0.1) is 11.6 Å². The normalized spacial score (nSPS) is 10.4. The second-order valence-electron chi connectivity index (χ2n) is 4.94. The fourth-order valence-electron chi connectivity index (χ4n) is 2.23. The molecular weight excluding hydrogens is 279 g/mol. The number of aryl methyl sites for hydroxylation is 1. The van der Waals surface area contributed by atoms with E-state index in [1.807, 2.05) is 19.1 Å². The van der Waals surface area contributed by atoms with Crippen LogP contribution >= 0.6 is 0 Å². The van der Waals surface area contributed by atoms with Crippen molar-refractivity contribution in [3.8, 4) is 28.8 Å². The molecule has 0 radical (unpaired) electrons. The van der Waals surface area contributed by atoms with Gasteiger partial charge in [0.25, 0.3) is 0 Å². The average Bonchev–Trinajstić information content (AvgIpc) is 2.97. The summed E-state index contributed by atoms with van der Waals surface area (Å²) < 4.78 is 18.3. The predicted molar refractivity (Wildman–Crippen MR) is 81.6 cm³/mol. The van der Waals surface area contributed by atoms with E-state index in [9.17, 15) is 4.39 Å². The van der Waals surface area contributed by atoms with Crippen LogP contribution in [0.4, 0.5) is 4.39 Å². The summed E-state index contributed by atoms with van der Waals surface area (Å²) in [5.74, 6) is 1.21. The first-order valence-corrected chi connectivity index (χ1v) is 6.84. The molecule has 0 saturated carbocycles. The molecule has 0 N–H and O–H groups in total. The SMILES string of the molecule is Cc1oc(-c2ccc(CF)cc2)nc1-c1ccc(C#N)cc1. The number of aromatic nitrogens is 1. The zero-order valence-electron chi connectivity index (χ0n) is 12.0. The lowest BCUT2D eigenvalue weighted by molar-refractivity contribution is 0.485. The van der Waals surface area contributed by atoms with Gasteiger partial charge in [0.2, 0.25) is 5.89 Å². The van der Waals surface area contributed by atoms with Gasteiger partial charge in [-0.25, -0.2) is 9.37 Å². The van der Waals surface area contributed by atoms with Gasteiger partial charge in [0.1, 0.15) is 18.1 Å². The van der Waals surface area contributed by atoms with Gasteiger partial charge in [0.15, 0.2) is 0 Å². The molecule has 0 bridgehead atoms. The molecule has 1 heterocycles. The highest BCUT2D eigenvalue weighted by Crippen LogP contribution is 2.28.